The molecule has 1 amide bonds. The number of rotatable bonds is 3. The number of fused-ring (bicyclic) bond motifs is 2. The standard InChI is InChI=1S/C25H28N6O4/c1-15-12-33-9-7-30(15)24-18-4-5-19(17-3-6-21-20(11-17)26-22(32)14-35-21)27-23(18)28-25(29-24)31-8-10-34-13-16(31)2/h3-6,11,15-16H,7-10,12-14H2,1-2H3,(H,26,32)/t15-,16-/m0/s1. The van der Waals surface area contributed by atoms with E-state index in [4.69, 9.17) is 29.2 Å². The van der Waals surface area contributed by atoms with Crippen LogP contribution in [0.1, 0.15) is 13.8 Å². The fourth-order valence-electron chi connectivity index (χ4n) is 4.80. The number of carbonyl (C=O) groups excluding carboxylic acids is 1. The van der Waals surface area contributed by atoms with Crippen molar-refractivity contribution in [3.63, 3.8) is 0 Å². The smallest absolute Gasteiger partial charge is 0.262 e. The van der Waals surface area contributed by atoms with Crippen LogP contribution in [-0.2, 0) is 14.3 Å². The Kier molecular flexibility index (Phi) is 5.62. The van der Waals surface area contributed by atoms with E-state index < -0.39 is 0 Å². The molecule has 2 aromatic heterocycles. The fraction of sp³-hybridized carbons (Fsp3) is 0.440. The van der Waals surface area contributed by atoms with Gasteiger partial charge in [0.2, 0.25) is 5.95 Å². The molecule has 0 aliphatic carbocycles. The molecule has 2 saturated heterocycles. The van der Waals surface area contributed by atoms with Crippen LogP contribution in [0.3, 0.4) is 0 Å². The Morgan fingerprint density at radius 1 is 0.943 bits per heavy atom. The minimum absolute atomic E-state index is 0.0307. The molecular weight excluding hydrogens is 448 g/mol. The van der Waals surface area contributed by atoms with E-state index in [-0.39, 0.29) is 24.6 Å². The molecule has 3 aliphatic heterocycles. The second kappa shape index (κ2) is 8.94. The monoisotopic (exact) mass is 476 g/mol. The van der Waals surface area contributed by atoms with Crippen LogP contribution in [-0.4, -0.2) is 79.1 Å². The number of aromatic nitrogens is 3. The highest BCUT2D eigenvalue weighted by molar-refractivity contribution is 5.96. The molecule has 0 saturated carbocycles. The lowest BCUT2D eigenvalue weighted by Crippen LogP contribution is -2.46. The van der Waals surface area contributed by atoms with E-state index in [1.807, 2.05) is 30.3 Å². The van der Waals surface area contributed by atoms with Gasteiger partial charge in [-0.3, -0.25) is 4.79 Å². The molecular formula is C25H28N6O4. The third-order valence-electron chi connectivity index (χ3n) is 6.70. The molecule has 5 heterocycles. The molecule has 3 aromatic rings. The van der Waals surface area contributed by atoms with Crippen molar-refractivity contribution in [1.29, 1.82) is 0 Å². The number of amides is 1. The van der Waals surface area contributed by atoms with Crippen LogP contribution in [0.2, 0.25) is 0 Å². The lowest BCUT2D eigenvalue weighted by Gasteiger charge is -2.37. The van der Waals surface area contributed by atoms with Gasteiger partial charge in [0.25, 0.3) is 5.91 Å². The highest BCUT2D eigenvalue weighted by atomic mass is 16.5. The van der Waals surface area contributed by atoms with Gasteiger partial charge in [0, 0.05) is 18.7 Å². The first-order chi connectivity index (χ1) is 17.1. The number of nitrogens with zero attached hydrogens (tertiary/aromatic N) is 5. The zero-order chi connectivity index (χ0) is 23.9. The van der Waals surface area contributed by atoms with Crippen molar-refractivity contribution in [2.75, 3.05) is 61.2 Å². The van der Waals surface area contributed by atoms with Gasteiger partial charge in [-0.15, -0.1) is 0 Å². The number of nitrogens with one attached hydrogen (secondary N) is 1. The van der Waals surface area contributed by atoms with Gasteiger partial charge in [-0.25, -0.2) is 4.98 Å². The summed E-state index contributed by atoms with van der Waals surface area (Å²) in [5.41, 5.74) is 2.92. The molecule has 0 spiro atoms. The molecule has 182 valence electrons. The Hall–Kier alpha value is -3.50. The van der Waals surface area contributed by atoms with Gasteiger partial charge in [0.1, 0.15) is 11.6 Å². The van der Waals surface area contributed by atoms with Crippen LogP contribution in [0.4, 0.5) is 17.5 Å². The third-order valence-corrected chi connectivity index (χ3v) is 6.70. The largest absolute Gasteiger partial charge is 0.482 e. The molecule has 3 aliphatic rings. The number of hydrogen-bond donors (Lipinski definition) is 1. The van der Waals surface area contributed by atoms with Crippen molar-refractivity contribution >= 4 is 34.4 Å². The Morgan fingerprint density at radius 3 is 2.49 bits per heavy atom. The van der Waals surface area contributed by atoms with Crippen LogP contribution < -0.4 is 19.9 Å². The van der Waals surface area contributed by atoms with Gasteiger partial charge >= 0.3 is 0 Å². The summed E-state index contributed by atoms with van der Waals surface area (Å²) in [5.74, 6) is 2.04. The van der Waals surface area contributed by atoms with Gasteiger partial charge in [-0.1, -0.05) is 0 Å². The van der Waals surface area contributed by atoms with E-state index in [1.54, 1.807) is 0 Å². The van der Waals surface area contributed by atoms with Gasteiger partial charge in [-0.05, 0) is 44.2 Å². The van der Waals surface area contributed by atoms with Crippen LogP contribution in [0, 0.1) is 0 Å². The second-order valence-corrected chi connectivity index (χ2v) is 9.20. The minimum Gasteiger partial charge on any atom is -0.482 e. The quantitative estimate of drug-likeness (QED) is 0.611. The molecule has 10 heteroatoms. The van der Waals surface area contributed by atoms with Gasteiger partial charge in [-0.2, -0.15) is 9.97 Å². The first-order valence-electron chi connectivity index (χ1n) is 12.0. The lowest BCUT2D eigenvalue weighted by atomic mass is 10.1. The van der Waals surface area contributed by atoms with E-state index in [1.165, 1.54) is 0 Å². The maximum atomic E-state index is 11.8. The van der Waals surface area contributed by atoms with E-state index in [0.29, 0.717) is 49.5 Å². The number of pyridine rings is 1. The van der Waals surface area contributed by atoms with Crippen molar-refractivity contribution in [3.8, 4) is 17.0 Å². The number of morpholine rings is 2. The van der Waals surface area contributed by atoms with Crippen LogP contribution in [0.5, 0.6) is 5.75 Å². The van der Waals surface area contributed by atoms with Crippen molar-refractivity contribution in [2.24, 2.45) is 0 Å². The van der Waals surface area contributed by atoms with Gasteiger partial charge < -0.3 is 29.3 Å². The Balaban J connectivity index is 1.46. The van der Waals surface area contributed by atoms with Crippen LogP contribution >= 0.6 is 0 Å². The third kappa shape index (κ3) is 4.12. The summed E-state index contributed by atoms with van der Waals surface area (Å²) in [4.78, 5) is 31.2. The van der Waals surface area contributed by atoms with Crippen LogP contribution in [0.15, 0.2) is 30.3 Å². The number of carbonyl (C=O) groups is 1. The Labute approximate surface area is 203 Å². The normalized spacial score (nSPS) is 22.5. The van der Waals surface area contributed by atoms with Gasteiger partial charge in [0.15, 0.2) is 12.3 Å². The maximum absolute atomic E-state index is 11.8. The summed E-state index contributed by atoms with van der Waals surface area (Å²) in [6, 6.07) is 10.1. The predicted octanol–water partition coefficient (Wildman–Crippen LogP) is 2.47. The zero-order valence-electron chi connectivity index (χ0n) is 19.9. The molecule has 10 nitrogen and oxygen atoms in total. The minimum atomic E-state index is -0.164. The summed E-state index contributed by atoms with van der Waals surface area (Å²) < 4.78 is 16.8. The second-order valence-electron chi connectivity index (χ2n) is 9.20. The molecule has 6 rings (SSSR count). The number of hydrogen-bond acceptors (Lipinski definition) is 9. The van der Waals surface area contributed by atoms with Crippen molar-refractivity contribution in [2.45, 2.75) is 25.9 Å². The summed E-state index contributed by atoms with van der Waals surface area (Å²) in [7, 11) is 0. The molecule has 2 fully saturated rings. The SMILES string of the molecule is C[C@H]1COCCN1c1nc(N2CCOC[C@@H]2C)c2ccc(-c3ccc4c(c3)NC(=O)CO4)nc2n1. The first-order valence-corrected chi connectivity index (χ1v) is 12.0. The Morgan fingerprint density at radius 2 is 1.71 bits per heavy atom. The zero-order valence-corrected chi connectivity index (χ0v) is 19.9. The predicted molar refractivity (Wildman–Crippen MR) is 132 cm³/mol. The summed E-state index contributed by atoms with van der Waals surface area (Å²) in [6.45, 7) is 8.39. The maximum Gasteiger partial charge on any atom is 0.262 e. The average molecular weight is 477 g/mol. The lowest BCUT2D eigenvalue weighted by molar-refractivity contribution is -0.118. The average Bonchev–Trinajstić information content (AvgIpc) is 2.88. The highest BCUT2D eigenvalue weighted by Crippen LogP contribution is 2.34. The van der Waals surface area contributed by atoms with E-state index in [0.717, 1.165) is 35.6 Å². The van der Waals surface area contributed by atoms with E-state index in [9.17, 15) is 4.79 Å². The van der Waals surface area contributed by atoms with Crippen molar-refractivity contribution in [1.82, 2.24) is 15.0 Å². The number of ether oxygens (including phenoxy) is 3. The molecule has 0 bridgehead atoms. The van der Waals surface area contributed by atoms with Crippen LogP contribution in [0.25, 0.3) is 22.3 Å². The Bertz CT molecular complexity index is 1280. The van der Waals surface area contributed by atoms with Crippen molar-refractivity contribution in [3.05, 3.63) is 30.3 Å². The fourth-order valence-corrected chi connectivity index (χ4v) is 4.80. The number of benzene rings is 1. The summed E-state index contributed by atoms with van der Waals surface area (Å²) >= 11 is 0. The highest BCUT2D eigenvalue weighted by Gasteiger charge is 2.27. The topological polar surface area (TPSA) is 102 Å². The molecule has 0 unspecified atom stereocenters. The summed E-state index contributed by atoms with van der Waals surface area (Å²) in [5, 5.41) is 3.77. The van der Waals surface area contributed by atoms with E-state index in [2.05, 4.69) is 29.0 Å². The van der Waals surface area contributed by atoms with Crippen molar-refractivity contribution < 1.29 is 19.0 Å². The molecule has 1 N–H and O–H groups in total. The van der Waals surface area contributed by atoms with Gasteiger partial charge in [0.05, 0.1) is 55.3 Å². The summed E-state index contributed by atoms with van der Waals surface area (Å²) in [6.07, 6.45) is 0. The first kappa shape index (κ1) is 22.0. The molecule has 0 radical (unpaired) electrons. The molecule has 1 aromatic carbocycles. The van der Waals surface area contributed by atoms with E-state index >= 15 is 0 Å². The molecule has 35 heavy (non-hydrogen) atoms. The molecule has 2 atom stereocenters. The number of anilines is 3.